The standard InChI is InChI=1S/C30H31NO4/c1-17-11-26(34)16-28(22(17)6)35-27-9-7-23(8-10-27)31(29-18(2)12-24(32)13-19(29)3)30-20(4)14-25(33)15-21(30)5/h7-16,32-34H,1-6H3. The van der Waals surface area contributed by atoms with Gasteiger partial charge in [0.1, 0.15) is 28.7 Å². The lowest BCUT2D eigenvalue weighted by atomic mass is 10.0. The summed E-state index contributed by atoms with van der Waals surface area (Å²) in [7, 11) is 0. The van der Waals surface area contributed by atoms with Gasteiger partial charge in [-0.15, -0.1) is 0 Å². The Labute approximate surface area is 206 Å². The Morgan fingerprint density at radius 3 is 1.40 bits per heavy atom. The lowest BCUT2D eigenvalue weighted by Gasteiger charge is -2.31. The molecule has 5 heteroatoms. The maximum absolute atomic E-state index is 10.1. The minimum Gasteiger partial charge on any atom is -0.508 e. The highest BCUT2D eigenvalue weighted by atomic mass is 16.5. The summed E-state index contributed by atoms with van der Waals surface area (Å²) >= 11 is 0. The van der Waals surface area contributed by atoms with Gasteiger partial charge in [0, 0.05) is 11.8 Å². The summed E-state index contributed by atoms with van der Waals surface area (Å²) in [6.07, 6.45) is 0. The number of nitrogens with zero attached hydrogens (tertiary/aromatic N) is 1. The highest BCUT2D eigenvalue weighted by Crippen LogP contribution is 2.44. The summed E-state index contributed by atoms with van der Waals surface area (Å²) in [5.41, 5.74) is 8.50. The number of phenolic OH excluding ortho intramolecular Hbond substituents is 3. The Morgan fingerprint density at radius 2 is 0.943 bits per heavy atom. The fraction of sp³-hybridized carbons (Fsp3) is 0.200. The van der Waals surface area contributed by atoms with Crippen LogP contribution in [0.3, 0.4) is 0 Å². The molecular formula is C30H31NO4. The summed E-state index contributed by atoms with van der Waals surface area (Å²) in [6, 6.07) is 18.1. The molecule has 180 valence electrons. The number of anilines is 3. The molecule has 5 nitrogen and oxygen atoms in total. The number of phenols is 3. The largest absolute Gasteiger partial charge is 0.508 e. The molecule has 4 aromatic carbocycles. The first-order valence-corrected chi connectivity index (χ1v) is 11.5. The monoisotopic (exact) mass is 469 g/mol. The zero-order valence-electron chi connectivity index (χ0n) is 21.0. The first-order valence-electron chi connectivity index (χ1n) is 11.5. The van der Waals surface area contributed by atoms with Crippen LogP contribution in [0, 0.1) is 41.5 Å². The second-order valence-electron chi connectivity index (χ2n) is 9.17. The van der Waals surface area contributed by atoms with Crippen molar-refractivity contribution in [3.63, 3.8) is 0 Å². The highest BCUT2D eigenvalue weighted by Gasteiger charge is 2.21. The van der Waals surface area contributed by atoms with E-state index in [9.17, 15) is 15.3 Å². The fourth-order valence-electron chi connectivity index (χ4n) is 4.65. The summed E-state index contributed by atoms with van der Waals surface area (Å²) in [5, 5.41) is 30.3. The molecule has 0 aliphatic carbocycles. The summed E-state index contributed by atoms with van der Waals surface area (Å²) < 4.78 is 6.10. The Kier molecular flexibility index (Phi) is 6.35. The number of benzene rings is 4. The number of aryl methyl sites for hydroxylation is 5. The van der Waals surface area contributed by atoms with Crippen molar-refractivity contribution in [2.45, 2.75) is 41.5 Å². The van der Waals surface area contributed by atoms with Crippen LogP contribution in [0.2, 0.25) is 0 Å². The second kappa shape index (κ2) is 9.26. The van der Waals surface area contributed by atoms with E-state index in [1.807, 2.05) is 65.8 Å². The maximum atomic E-state index is 10.1. The molecule has 0 radical (unpaired) electrons. The van der Waals surface area contributed by atoms with Gasteiger partial charge in [0.15, 0.2) is 0 Å². The van der Waals surface area contributed by atoms with Crippen molar-refractivity contribution in [2.75, 3.05) is 4.90 Å². The number of ether oxygens (including phenoxy) is 1. The van der Waals surface area contributed by atoms with E-state index < -0.39 is 0 Å². The Morgan fingerprint density at radius 1 is 0.543 bits per heavy atom. The quantitative estimate of drug-likeness (QED) is 0.277. The molecule has 3 N–H and O–H groups in total. The minimum absolute atomic E-state index is 0.169. The lowest BCUT2D eigenvalue weighted by molar-refractivity contribution is 0.452. The normalized spacial score (nSPS) is 10.9. The molecule has 0 amide bonds. The van der Waals surface area contributed by atoms with Crippen LogP contribution >= 0.6 is 0 Å². The molecule has 0 unspecified atom stereocenters. The van der Waals surface area contributed by atoms with Crippen LogP contribution in [0.1, 0.15) is 33.4 Å². The first kappa shape index (κ1) is 24.0. The van der Waals surface area contributed by atoms with Gasteiger partial charge in [0.25, 0.3) is 0 Å². The van der Waals surface area contributed by atoms with Gasteiger partial charge in [-0.3, -0.25) is 0 Å². The Bertz CT molecular complexity index is 1300. The molecular weight excluding hydrogens is 438 g/mol. The van der Waals surface area contributed by atoms with Crippen molar-refractivity contribution in [3.8, 4) is 28.7 Å². The molecule has 0 aromatic heterocycles. The van der Waals surface area contributed by atoms with Gasteiger partial charge in [-0.2, -0.15) is 0 Å². The van der Waals surface area contributed by atoms with E-state index in [2.05, 4.69) is 4.90 Å². The molecule has 35 heavy (non-hydrogen) atoms. The third kappa shape index (κ3) is 4.76. The average Bonchev–Trinajstić information content (AvgIpc) is 2.75. The van der Waals surface area contributed by atoms with Crippen molar-refractivity contribution in [1.82, 2.24) is 0 Å². The topological polar surface area (TPSA) is 73.2 Å². The number of rotatable bonds is 5. The third-order valence-corrected chi connectivity index (χ3v) is 6.33. The predicted molar refractivity (Wildman–Crippen MR) is 141 cm³/mol. The summed E-state index contributed by atoms with van der Waals surface area (Å²) in [4.78, 5) is 2.15. The molecule has 0 heterocycles. The molecule has 0 bridgehead atoms. The maximum Gasteiger partial charge on any atom is 0.134 e. The summed E-state index contributed by atoms with van der Waals surface area (Å²) in [5.74, 6) is 1.89. The smallest absolute Gasteiger partial charge is 0.134 e. The number of hydrogen-bond acceptors (Lipinski definition) is 5. The van der Waals surface area contributed by atoms with Gasteiger partial charge < -0.3 is 25.0 Å². The Balaban J connectivity index is 1.83. The second-order valence-corrected chi connectivity index (χ2v) is 9.17. The van der Waals surface area contributed by atoms with Crippen molar-refractivity contribution in [1.29, 1.82) is 0 Å². The SMILES string of the molecule is Cc1cc(O)cc(Oc2ccc(N(c3c(C)cc(O)cc3C)c3c(C)cc(O)cc3C)cc2)c1C. The molecule has 0 atom stereocenters. The van der Waals surface area contributed by atoms with E-state index >= 15 is 0 Å². The van der Waals surface area contributed by atoms with Crippen LogP contribution in [0.25, 0.3) is 0 Å². The lowest BCUT2D eigenvalue weighted by Crippen LogP contribution is -2.15. The first-order chi connectivity index (χ1) is 16.5. The van der Waals surface area contributed by atoms with Crippen molar-refractivity contribution >= 4 is 17.1 Å². The summed E-state index contributed by atoms with van der Waals surface area (Å²) in [6.45, 7) is 11.8. The molecule has 4 aromatic rings. The van der Waals surface area contributed by atoms with Crippen LogP contribution in [0.5, 0.6) is 28.7 Å². The van der Waals surface area contributed by atoms with Crippen LogP contribution in [0.4, 0.5) is 17.1 Å². The molecule has 0 aliphatic rings. The molecule has 0 saturated heterocycles. The van der Waals surface area contributed by atoms with E-state index in [-0.39, 0.29) is 17.2 Å². The third-order valence-electron chi connectivity index (χ3n) is 6.33. The highest BCUT2D eigenvalue weighted by molar-refractivity contribution is 5.84. The van der Waals surface area contributed by atoms with Crippen molar-refractivity contribution in [3.05, 3.63) is 94.0 Å². The van der Waals surface area contributed by atoms with Crippen molar-refractivity contribution < 1.29 is 20.1 Å². The van der Waals surface area contributed by atoms with E-state index in [0.717, 1.165) is 50.4 Å². The van der Waals surface area contributed by atoms with Crippen LogP contribution in [0.15, 0.2) is 60.7 Å². The zero-order valence-corrected chi connectivity index (χ0v) is 21.0. The average molecular weight is 470 g/mol. The number of aromatic hydroxyl groups is 3. The van der Waals surface area contributed by atoms with Crippen LogP contribution in [-0.4, -0.2) is 15.3 Å². The van der Waals surface area contributed by atoms with Crippen molar-refractivity contribution in [2.24, 2.45) is 0 Å². The van der Waals surface area contributed by atoms with Gasteiger partial charge in [-0.25, -0.2) is 0 Å². The molecule has 0 aliphatic heterocycles. The Hall–Kier alpha value is -4.12. The molecule has 4 rings (SSSR count). The van der Waals surface area contributed by atoms with E-state index in [0.29, 0.717) is 11.5 Å². The number of hydrogen-bond donors (Lipinski definition) is 3. The van der Waals surface area contributed by atoms with Gasteiger partial charge in [0.2, 0.25) is 0 Å². The minimum atomic E-state index is 0.169. The van der Waals surface area contributed by atoms with Gasteiger partial charge in [0.05, 0.1) is 11.4 Å². The predicted octanol–water partition coefficient (Wildman–Crippen LogP) is 7.92. The molecule has 0 saturated carbocycles. The van der Waals surface area contributed by atoms with E-state index in [1.165, 1.54) is 0 Å². The fourth-order valence-corrected chi connectivity index (χ4v) is 4.65. The van der Waals surface area contributed by atoms with Crippen LogP contribution in [-0.2, 0) is 0 Å². The molecule has 0 fully saturated rings. The van der Waals surface area contributed by atoms with E-state index in [4.69, 9.17) is 4.74 Å². The van der Waals surface area contributed by atoms with E-state index in [1.54, 1.807) is 36.4 Å². The van der Waals surface area contributed by atoms with Gasteiger partial charge in [-0.05, 0) is 130 Å². The zero-order chi connectivity index (χ0) is 25.4. The molecule has 0 spiro atoms. The van der Waals surface area contributed by atoms with Gasteiger partial charge in [-0.1, -0.05) is 0 Å². The van der Waals surface area contributed by atoms with Crippen LogP contribution < -0.4 is 9.64 Å². The van der Waals surface area contributed by atoms with Gasteiger partial charge >= 0.3 is 0 Å².